The molecule has 0 spiro atoms. The standard InChI is InChI=1S/C16H25NO2/c1-17(2)12-14-7-4-5-10-16(14,18)13-8-6-9-15(11-13)19-3/h6,8-9,11,14,18H,4-5,7,10,12H2,1-3H3/t14-,16+/m0/s1/i1D3,2D3,10D2,18D. The minimum absolute atomic E-state index is 0.0983. The predicted molar refractivity (Wildman–Crippen MR) is 77.4 cm³/mol. The molecule has 0 unspecified atom stereocenters. The molecule has 1 fully saturated rings. The molecule has 1 saturated carbocycles. The van der Waals surface area contributed by atoms with E-state index >= 15 is 0 Å². The molecule has 2 rings (SSSR count). The zero-order valence-corrected chi connectivity index (χ0v) is 11.0. The first-order valence-electron chi connectivity index (χ1n) is 10.8. The van der Waals surface area contributed by atoms with Gasteiger partial charge in [0.1, 0.15) is 5.75 Å². The zero-order valence-electron chi connectivity index (χ0n) is 20.0. The van der Waals surface area contributed by atoms with E-state index in [9.17, 15) is 0 Å². The second kappa shape index (κ2) is 5.93. The lowest BCUT2D eigenvalue weighted by Gasteiger charge is -2.41. The van der Waals surface area contributed by atoms with Gasteiger partial charge < -0.3 is 14.7 Å². The van der Waals surface area contributed by atoms with Crippen LogP contribution in [0.1, 0.15) is 42.2 Å². The van der Waals surface area contributed by atoms with Crippen molar-refractivity contribution in [2.75, 3.05) is 27.6 Å². The summed E-state index contributed by atoms with van der Waals surface area (Å²) in [7, 11) is 1.45. The molecule has 0 bridgehead atoms. The monoisotopic (exact) mass is 272 g/mol. The van der Waals surface area contributed by atoms with E-state index in [0.29, 0.717) is 29.1 Å². The summed E-state index contributed by atoms with van der Waals surface area (Å²) in [6.07, 6.45) is -1.18. The Kier molecular flexibility index (Phi) is 2.06. The maximum Gasteiger partial charge on any atom is 0.211 e. The minimum atomic E-state index is -2.91. The van der Waals surface area contributed by atoms with Gasteiger partial charge in [-0.15, -0.1) is 0 Å². The van der Waals surface area contributed by atoms with E-state index in [1.807, 2.05) is 0 Å². The first kappa shape index (κ1) is 6.59. The molecular weight excluding hydrogens is 238 g/mol. The van der Waals surface area contributed by atoms with E-state index < -0.39 is 38.4 Å². The van der Waals surface area contributed by atoms with E-state index in [2.05, 4.69) is 0 Å². The minimum Gasteiger partial charge on any atom is -0.497 e. The highest BCUT2D eigenvalue weighted by atomic mass is 16.5. The Labute approximate surface area is 128 Å². The topological polar surface area (TPSA) is 32.7 Å². The van der Waals surface area contributed by atoms with Crippen molar-refractivity contribution in [3.63, 3.8) is 0 Å². The summed E-state index contributed by atoms with van der Waals surface area (Å²) in [6.45, 7) is -6.28. The Hall–Kier alpha value is -1.06. The second-order valence-electron chi connectivity index (χ2n) is 4.84. The molecular formula is C16H25NO2. The quantitative estimate of drug-likeness (QED) is 0.894. The first-order valence-corrected chi connectivity index (χ1v) is 6.36. The molecule has 0 aliphatic heterocycles. The number of benzene rings is 1. The number of hydrogen-bond acceptors (Lipinski definition) is 3. The molecule has 106 valence electrons. The highest BCUT2D eigenvalue weighted by molar-refractivity contribution is 5.33. The van der Waals surface area contributed by atoms with Gasteiger partial charge in [-0.05, 0) is 44.4 Å². The van der Waals surface area contributed by atoms with Gasteiger partial charge in [-0.1, -0.05) is 25.0 Å². The molecule has 19 heavy (non-hydrogen) atoms. The van der Waals surface area contributed by atoms with Crippen molar-refractivity contribution < 1.29 is 20.8 Å². The van der Waals surface area contributed by atoms with Gasteiger partial charge in [0.25, 0.3) is 0 Å². The number of ether oxygens (including phenoxy) is 1. The largest absolute Gasteiger partial charge is 0.497 e. The Morgan fingerprint density at radius 3 is 3.21 bits per heavy atom. The lowest BCUT2D eigenvalue weighted by Crippen LogP contribution is -2.43. The average molecular weight is 272 g/mol. The van der Waals surface area contributed by atoms with Crippen LogP contribution in [0.5, 0.6) is 5.75 Å². The van der Waals surface area contributed by atoms with Crippen LogP contribution >= 0.6 is 0 Å². The summed E-state index contributed by atoms with van der Waals surface area (Å²) in [5.41, 5.74) is -1.53. The van der Waals surface area contributed by atoms with Crippen molar-refractivity contribution >= 4 is 0 Å². The number of hydrogen-bond donors (Lipinski definition) is 1. The predicted octanol–water partition coefficient (Wildman–Crippen LogP) is 2.63. The fourth-order valence-corrected chi connectivity index (χ4v) is 2.60. The second-order valence-corrected chi connectivity index (χ2v) is 4.84. The van der Waals surface area contributed by atoms with Crippen molar-refractivity contribution in [2.45, 2.75) is 31.2 Å². The Morgan fingerprint density at radius 1 is 1.58 bits per heavy atom. The van der Waals surface area contributed by atoms with Crippen LogP contribution in [0.15, 0.2) is 24.3 Å². The average Bonchev–Trinajstić information content (AvgIpc) is 2.57. The third-order valence-corrected chi connectivity index (χ3v) is 3.59. The van der Waals surface area contributed by atoms with E-state index in [0.717, 1.165) is 0 Å². The molecule has 1 aliphatic rings. The molecule has 3 heteroatoms. The molecule has 1 aliphatic carbocycles. The summed E-state index contributed by atoms with van der Waals surface area (Å²) >= 11 is 0. The van der Waals surface area contributed by atoms with Gasteiger partial charge >= 0.3 is 0 Å². The van der Waals surface area contributed by atoms with Crippen LogP contribution in [-0.4, -0.2) is 39.0 Å². The fourth-order valence-electron chi connectivity index (χ4n) is 2.60. The molecule has 1 N–H and O–H groups in total. The van der Waals surface area contributed by atoms with E-state index in [4.69, 9.17) is 22.2 Å². The lowest BCUT2D eigenvalue weighted by atomic mass is 9.71. The molecule has 0 heterocycles. The normalized spacial score (nSPS) is 38.4. The molecule has 1 aromatic rings. The Morgan fingerprint density at radius 2 is 2.47 bits per heavy atom. The van der Waals surface area contributed by atoms with Crippen LogP contribution in [0, 0.1) is 5.92 Å². The maximum atomic E-state index is 8.56. The summed E-state index contributed by atoms with van der Waals surface area (Å²) in [4.78, 5) is 0.403. The summed E-state index contributed by atoms with van der Waals surface area (Å²) in [5.74, 6) is -0.445. The smallest absolute Gasteiger partial charge is 0.211 e. The molecule has 3 nitrogen and oxygen atoms in total. The SMILES string of the molecule is [2H]O[C@]1(c2cccc(OC)c2)[C@H](CN(C([2H])([2H])[2H])C([2H])([2H])[2H])CCCC1([2H])[2H]. The van der Waals surface area contributed by atoms with Gasteiger partial charge in [0.05, 0.1) is 12.7 Å². The van der Waals surface area contributed by atoms with Crippen molar-refractivity contribution in [1.82, 2.24) is 4.90 Å². The van der Waals surface area contributed by atoms with Gasteiger partial charge in [-0.25, -0.2) is 0 Å². The van der Waals surface area contributed by atoms with Gasteiger partial charge in [-0.3, -0.25) is 0 Å². The molecule has 1 aromatic carbocycles. The summed E-state index contributed by atoms with van der Waals surface area (Å²) in [6, 6.07) is 6.41. The maximum absolute atomic E-state index is 8.56. The fraction of sp³-hybridized carbons (Fsp3) is 0.625. The van der Waals surface area contributed by atoms with Crippen molar-refractivity contribution in [3.05, 3.63) is 29.8 Å². The number of methoxy groups -OCH3 is 1. The van der Waals surface area contributed by atoms with E-state index in [-0.39, 0.29) is 6.42 Å². The van der Waals surface area contributed by atoms with Gasteiger partial charge in [0.15, 0.2) is 0 Å². The van der Waals surface area contributed by atoms with E-state index in [1.165, 1.54) is 7.11 Å². The molecule has 2 atom stereocenters. The Balaban J connectivity index is 2.59. The third-order valence-electron chi connectivity index (χ3n) is 3.59. The van der Waals surface area contributed by atoms with Crippen molar-refractivity contribution in [3.8, 4) is 5.75 Å². The first-order chi connectivity index (χ1) is 12.8. The van der Waals surface area contributed by atoms with E-state index in [1.54, 1.807) is 24.3 Å². The zero-order chi connectivity index (χ0) is 21.4. The van der Waals surface area contributed by atoms with Gasteiger partial charge in [0, 0.05) is 23.4 Å². The summed E-state index contributed by atoms with van der Waals surface area (Å²) in [5, 5.41) is 5.04. The summed E-state index contributed by atoms with van der Waals surface area (Å²) < 4.78 is 75.8. The number of aliphatic hydroxyl groups is 1. The number of rotatable bonds is 5. The lowest BCUT2D eigenvalue weighted by molar-refractivity contribution is -0.0619. The van der Waals surface area contributed by atoms with Gasteiger partial charge in [-0.2, -0.15) is 0 Å². The molecule has 0 amide bonds. The highest BCUT2D eigenvalue weighted by Gasteiger charge is 2.40. The van der Waals surface area contributed by atoms with Crippen LogP contribution in [-0.2, 0) is 5.60 Å². The van der Waals surface area contributed by atoms with Gasteiger partial charge in [0.2, 0.25) is 1.43 Å². The van der Waals surface area contributed by atoms with Crippen LogP contribution in [0.2, 0.25) is 0 Å². The van der Waals surface area contributed by atoms with Crippen molar-refractivity contribution in [2.24, 2.45) is 5.92 Å². The van der Waals surface area contributed by atoms with Crippen LogP contribution in [0.4, 0.5) is 0 Å². The molecule has 0 radical (unpaired) electrons. The van der Waals surface area contributed by atoms with Crippen LogP contribution in [0.3, 0.4) is 0 Å². The Bertz CT molecular complexity index is 663. The third kappa shape index (κ3) is 3.10. The van der Waals surface area contributed by atoms with Crippen LogP contribution in [0.25, 0.3) is 0 Å². The molecule has 0 aromatic heterocycles. The highest BCUT2D eigenvalue weighted by Crippen LogP contribution is 2.42. The van der Waals surface area contributed by atoms with Crippen molar-refractivity contribution in [1.29, 1.82) is 1.43 Å². The molecule has 0 saturated heterocycles. The van der Waals surface area contributed by atoms with Crippen LogP contribution < -0.4 is 4.74 Å². The number of nitrogens with zero attached hydrogens (tertiary/aromatic N) is 1.